The van der Waals surface area contributed by atoms with Crippen LogP contribution < -0.4 is 10.1 Å². The van der Waals surface area contributed by atoms with Crippen LogP contribution >= 0.6 is 11.8 Å². The van der Waals surface area contributed by atoms with E-state index in [0.29, 0.717) is 12.2 Å². The number of nitrogens with one attached hydrogen (secondary N) is 1. The summed E-state index contributed by atoms with van der Waals surface area (Å²) in [6.45, 7) is 23.2. The highest BCUT2D eigenvalue weighted by atomic mass is 32.2. The molecule has 0 fully saturated rings. The van der Waals surface area contributed by atoms with Crippen LogP contribution in [-0.4, -0.2) is 41.6 Å². The standard InChI is InChI=1S/C26H37N3O3S.C6H10/c1-15(2)12-29-25(31)26(20(7)30,10-21-18(5)23(32-8)16(3)13-27-21)11-22-19(6)24(33-9)17(4)14-28-22;1-4-6(3)5-2/h13-15H,10-12H2,1-9H3,(H,29,31);4H,1,3,5H2,2H3. The van der Waals surface area contributed by atoms with Crippen LogP contribution in [0.4, 0.5) is 0 Å². The first kappa shape index (κ1) is 34.1. The molecule has 2 aromatic rings. The van der Waals surface area contributed by atoms with Crippen molar-refractivity contribution in [2.75, 3.05) is 19.9 Å². The Balaban J connectivity index is 0.00000113. The third-order valence-electron chi connectivity index (χ3n) is 6.96. The van der Waals surface area contributed by atoms with Crippen molar-refractivity contribution < 1.29 is 14.3 Å². The average Bonchev–Trinajstić information content (AvgIpc) is 2.90. The number of aryl methyl sites for hydroxylation is 2. The molecule has 0 aliphatic heterocycles. The molecule has 1 amide bonds. The van der Waals surface area contributed by atoms with Gasteiger partial charge in [0.1, 0.15) is 16.9 Å². The summed E-state index contributed by atoms with van der Waals surface area (Å²) in [5.41, 5.74) is 5.08. The number of rotatable bonds is 12. The number of hydrogen-bond donors (Lipinski definition) is 1. The molecular formula is C32H47N3O3S. The molecule has 0 saturated carbocycles. The Morgan fingerprint density at radius 2 is 1.62 bits per heavy atom. The van der Waals surface area contributed by atoms with Crippen molar-refractivity contribution in [2.45, 2.75) is 79.5 Å². The molecule has 1 unspecified atom stereocenters. The number of thioether (sulfide) groups is 1. The van der Waals surface area contributed by atoms with Crippen molar-refractivity contribution in [1.82, 2.24) is 15.3 Å². The summed E-state index contributed by atoms with van der Waals surface area (Å²) in [5, 5.41) is 3.01. The Kier molecular flexibility index (Phi) is 13.6. The maximum absolute atomic E-state index is 13.7. The molecule has 0 bridgehead atoms. The fourth-order valence-electron chi connectivity index (χ4n) is 4.31. The molecule has 0 aliphatic carbocycles. The molecule has 6 nitrogen and oxygen atoms in total. The minimum absolute atomic E-state index is 0.179. The fraction of sp³-hybridized carbons (Fsp3) is 0.500. The van der Waals surface area contributed by atoms with Gasteiger partial charge in [0.15, 0.2) is 0 Å². The summed E-state index contributed by atoms with van der Waals surface area (Å²) in [6.07, 6.45) is 8.77. The maximum Gasteiger partial charge on any atom is 0.234 e. The van der Waals surface area contributed by atoms with E-state index in [1.165, 1.54) is 6.92 Å². The van der Waals surface area contributed by atoms with Crippen molar-refractivity contribution >= 4 is 23.5 Å². The van der Waals surface area contributed by atoms with E-state index in [-0.39, 0.29) is 30.4 Å². The van der Waals surface area contributed by atoms with Gasteiger partial charge in [-0.05, 0) is 64.3 Å². The van der Waals surface area contributed by atoms with Crippen molar-refractivity contribution in [3.63, 3.8) is 0 Å². The summed E-state index contributed by atoms with van der Waals surface area (Å²) in [4.78, 5) is 37.3. The first-order valence-electron chi connectivity index (χ1n) is 13.4. The number of allylic oxidation sites excluding steroid dienone is 2. The van der Waals surface area contributed by atoms with E-state index < -0.39 is 5.41 Å². The monoisotopic (exact) mass is 553 g/mol. The molecule has 1 atom stereocenters. The highest BCUT2D eigenvalue weighted by Gasteiger charge is 2.45. The lowest BCUT2D eigenvalue weighted by molar-refractivity contribution is -0.141. The lowest BCUT2D eigenvalue weighted by Crippen LogP contribution is -2.50. The lowest BCUT2D eigenvalue weighted by Gasteiger charge is -2.31. The molecule has 39 heavy (non-hydrogen) atoms. The topological polar surface area (TPSA) is 81.2 Å². The van der Waals surface area contributed by atoms with Crippen molar-refractivity contribution in [3.8, 4) is 5.75 Å². The zero-order valence-corrected chi connectivity index (χ0v) is 26.4. The van der Waals surface area contributed by atoms with Crippen LogP contribution in [0.3, 0.4) is 0 Å². The molecule has 0 aromatic carbocycles. The average molecular weight is 554 g/mol. The first-order valence-corrected chi connectivity index (χ1v) is 14.6. The number of amides is 1. The minimum atomic E-state index is -1.32. The Bertz CT molecular complexity index is 1130. The first-order chi connectivity index (χ1) is 18.3. The highest BCUT2D eigenvalue weighted by molar-refractivity contribution is 7.98. The highest BCUT2D eigenvalue weighted by Crippen LogP contribution is 2.35. The predicted molar refractivity (Wildman–Crippen MR) is 164 cm³/mol. The van der Waals surface area contributed by atoms with E-state index in [1.54, 1.807) is 31.1 Å². The van der Waals surface area contributed by atoms with Crippen LogP contribution in [0, 0.1) is 39.0 Å². The number of ether oxygens (including phenoxy) is 1. The number of carbonyl (C=O) groups excluding carboxylic acids is 2. The Morgan fingerprint density at radius 1 is 1.08 bits per heavy atom. The van der Waals surface area contributed by atoms with E-state index >= 15 is 0 Å². The van der Waals surface area contributed by atoms with Gasteiger partial charge in [-0.25, -0.2) is 0 Å². The third-order valence-corrected chi connectivity index (χ3v) is 8.00. The number of pyridine rings is 2. The zero-order valence-electron chi connectivity index (χ0n) is 25.6. The maximum atomic E-state index is 13.7. The largest absolute Gasteiger partial charge is 0.496 e. The Morgan fingerprint density at radius 3 is 2.03 bits per heavy atom. The van der Waals surface area contributed by atoms with Crippen LogP contribution in [-0.2, 0) is 22.4 Å². The minimum Gasteiger partial charge on any atom is -0.496 e. The molecule has 7 heteroatoms. The van der Waals surface area contributed by atoms with Gasteiger partial charge in [0.05, 0.1) is 7.11 Å². The van der Waals surface area contributed by atoms with Crippen LogP contribution in [0.25, 0.3) is 0 Å². The van der Waals surface area contributed by atoms with Gasteiger partial charge in [0.25, 0.3) is 0 Å². The third kappa shape index (κ3) is 8.79. The van der Waals surface area contributed by atoms with Gasteiger partial charge in [-0.15, -0.1) is 11.8 Å². The van der Waals surface area contributed by atoms with Crippen molar-refractivity contribution in [1.29, 1.82) is 0 Å². The van der Waals surface area contributed by atoms with Gasteiger partial charge in [0, 0.05) is 59.2 Å². The second kappa shape index (κ2) is 15.6. The normalized spacial score (nSPS) is 12.2. The number of aromatic nitrogens is 2. The zero-order chi connectivity index (χ0) is 29.9. The molecule has 0 saturated heterocycles. The molecule has 214 valence electrons. The molecule has 0 spiro atoms. The van der Waals surface area contributed by atoms with Crippen molar-refractivity contribution in [2.24, 2.45) is 11.3 Å². The van der Waals surface area contributed by atoms with Gasteiger partial charge in [-0.3, -0.25) is 19.6 Å². The number of carbonyl (C=O) groups is 2. The summed E-state index contributed by atoms with van der Waals surface area (Å²) in [5.74, 6) is 0.517. The molecule has 2 heterocycles. The van der Waals surface area contributed by atoms with Gasteiger partial charge >= 0.3 is 0 Å². The molecular weight excluding hydrogens is 506 g/mol. The summed E-state index contributed by atoms with van der Waals surface area (Å²) >= 11 is 1.65. The molecule has 2 rings (SSSR count). The van der Waals surface area contributed by atoms with Crippen LogP contribution in [0.2, 0.25) is 0 Å². The molecule has 0 aliphatic rings. The quantitative estimate of drug-likeness (QED) is 0.179. The predicted octanol–water partition coefficient (Wildman–Crippen LogP) is 6.71. The Labute approximate surface area is 240 Å². The van der Waals surface area contributed by atoms with Crippen LogP contribution in [0.5, 0.6) is 5.75 Å². The van der Waals surface area contributed by atoms with Crippen LogP contribution in [0.15, 0.2) is 42.1 Å². The number of hydrogen-bond acceptors (Lipinski definition) is 6. The summed E-state index contributed by atoms with van der Waals surface area (Å²) < 4.78 is 5.57. The van der Waals surface area contributed by atoms with Gasteiger partial charge < -0.3 is 10.1 Å². The molecule has 1 N–H and O–H groups in total. The summed E-state index contributed by atoms with van der Waals surface area (Å²) in [6, 6.07) is 0. The number of nitrogens with zero attached hydrogens (tertiary/aromatic N) is 2. The number of Topliss-reactive ketones (excluding diaryl/α,β-unsaturated/α-hetero) is 1. The molecule has 0 radical (unpaired) electrons. The van der Waals surface area contributed by atoms with Crippen molar-refractivity contribution in [3.05, 3.63) is 70.8 Å². The molecule has 2 aromatic heterocycles. The Hall–Kier alpha value is -2.93. The number of methoxy groups -OCH3 is 1. The van der Waals surface area contributed by atoms with Crippen LogP contribution in [0.1, 0.15) is 67.8 Å². The fourth-order valence-corrected chi connectivity index (χ4v) is 5.11. The second-order valence-corrected chi connectivity index (χ2v) is 11.2. The smallest absolute Gasteiger partial charge is 0.234 e. The summed E-state index contributed by atoms with van der Waals surface area (Å²) in [7, 11) is 1.62. The second-order valence-electron chi connectivity index (χ2n) is 10.4. The van der Waals surface area contributed by atoms with E-state index in [9.17, 15) is 9.59 Å². The SMILES string of the molecule is C=CC(=C)CC.COc1c(C)cnc(CC(Cc2ncc(C)c(SC)c2C)(C(C)=O)C(=O)NCC(C)C)c1C. The van der Waals surface area contributed by atoms with E-state index in [0.717, 1.165) is 50.6 Å². The van der Waals surface area contributed by atoms with Gasteiger partial charge in [-0.2, -0.15) is 0 Å². The van der Waals surface area contributed by atoms with Gasteiger partial charge in [0.2, 0.25) is 5.91 Å². The number of ketones is 1. The van der Waals surface area contributed by atoms with E-state index in [2.05, 4.69) is 35.4 Å². The lowest BCUT2D eigenvalue weighted by atomic mass is 9.73. The van der Waals surface area contributed by atoms with Gasteiger partial charge in [-0.1, -0.05) is 45.6 Å². The van der Waals surface area contributed by atoms with E-state index in [4.69, 9.17) is 4.74 Å². The van der Waals surface area contributed by atoms with E-state index in [1.807, 2.05) is 54.0 Å².